The van der Waals surface area contributed by atoms with Crippen LogP contribution < -0.4 is 5.32 Å². The summed E-state index contributed by atoms with van der Waals surface area (Å²) >= 11 is 0. The van der Waals surface area contributed by atoms with E-state index in [9.17, 15) is 0 Å². The third-order valence-corrected chi connectivity index (χ3v) is 6.10. The molecule has 2 fully saturated rings. The average Bonchev–Trinajstić information content (AvgIpc) is 2.73. The largest absolute Gasteiger partial charge is 0.317 e. The van der Waals surface area contributed by atoms with E-state index in [0.717, 1.165) is 23.9 Å². The Bertz CT molecular complexity index is 279. The standard InChI is InChI=1S/C19H38N2/c1-4-9-16-11-12-19(20-3)17(14-16)15-21-13-8-6-7-10-18(21)5-2/h16-20H,4-15H2,1-3H3. The average molecular weight is 295 g/mol. The lowest BCUT2D eigenvalue weighted by molar-refractivity contribution is 0.109. The minimum atomic E-state index is 0.763. The molecule has 0 radical (unpaired) electrons. The smallest absolute Gasteiger partial charge is 0.0105 e. The van der Waals surface area contributed by atoms with Crippen LogP contribution in [-0.4, -0.2) is 37.1 Å². The Labute approximate surface area is 133 Å². The van der Waals surface area contributed by atoms with Gasteiger partial charge in [-0.25, -0.2) is 0 Å². The van der Waals surface area contributed by atoms with Gasteiger partial charge >= 0.3 is 0 Å². The highest BCUT2D eigenvalue weighted by atomic mass is 15.2. The molecule has 0 aromatic heterocycles. The van der Waals surface area contributed by atoms with Crippen molar-refractivity contribution >= 4 is 0 Å². The Morgan fingerprint density at radius 1 is 1.05 bits per heavy atom. The summed E-state index contributed by atoms with van der Waals surface area (Å²) in [6.07, 6.45) is 14.2. The number of nitrogens with one attached hydrogen (secondary N) is 1. The van der Waals surface area contributed by atoms with Gasteiger partial charge in [0.1, 0.15) is 0 Å². The van der Waals surface area contributed by atoms with Gasteiger partial charge in [0.25, 0.3) is 0 Å². The Morgan fingerprint density at radius 3 is 2.62 bits per heavy atom. The van der Waals surface area contributed by atoms with E-state index in [1.165, 1.54) is 77.3 Å². The van der Waals surface area contributed by atoms with Gasteiger partial charge in [-0.15, -0.1) is 0 Å². The summed E-state index contributed by atoms with van der Waals surface area (Å²) in [7, 11) is 2.18. The summed E-state index contributed by atoms with van der Waals surface area (Å²) < 4.78 is 0. The van der Waals surface area contributed by atoms with E-state index in [1.807, 2.05) is 0 Å². The second kappa shape index (κ2) is 9.15. The number of likely N-dealkylation sites (tertiary alicyclic amines) is 1. The molecule has 124 valence electrons. The number of rotatable bonds is 6. The molecular weight excluding hydrogens is 256 g/mol. The van der Waals surface area contributed by atoms with Crippen molar-refractivity contribution in [2.75, 3.05) is 20.1 Å². The van der Waals surface area contributed by atoms with Gasteiger partial charge in [-0.1, -0.05) is 39.5 Å². The number of hydrogen-bond donors (Lipinski definition) is 1. The van der Waals surface area contributed by atoms with E-state index in [2.05, 4.69) is 31.1 Å². The molecular formula is C19H38N2. The molecule has 1 N–H and O–H groups in total. The maximum atomic E-state index is 3.63. The molecule has 1 heterocycles. The van der Waals surface area contributed by atoms with Crippen LogP contribution in [0.25, 0.3) is 0 Å². The van der Waals surface area contributed by atoms with Gasteiger partial charge in [0.2, 0.25) is 0 Å². The van der Waals surface area contributed by atoms with Gasteiger partial charge in [-0.05, 0) is 64.0 Å². The summed E-state index contributed by atoms with van der Waals surface area (Å²) in [4.78, 5) is 2.86. The normalized spacial score (nSPS) is 35.6. The molecule has 4 unspecified atom stereocenters. The first-order valence-corrected chi connectivity index (χ1v) is 9.69. The van der Waals surface area contributed by atoms with Crippen LogP contribution in [0.15, 0.2) is 0 Å². The van der Waals surface area contributed by atoms with Gasteiger partial charge < -0.3 is 10.2 Å². The van der Waals surface area contributed by atoms with E-state index < -0.39 is 0 Å². The summed E-state index contributed by atoms with van der Waals surface area (Å²) in [5, 5.41) is 3.63. The molecule has 1 saturated heterocycles. The van der Waals surface area contributed by atoms with E-state index >= 15 is 0 Å². The molecule has 0 aromatic carbocycles. The van der Waals surface area contributed by atoms with Crippen molar-refractivity contribution in [2.24, 2.45) is 11.8 Å². The van der Waals surface area contributed by atoms with Crippen molar-refractivity contribution in [2.45, 2.75) is 90.1 Å². The molecule has 2 heteroatoms. The predicted octanol–water partition coefficient (Wildman–Crippen LogP) is 4.45. The minimum absolute atomic E-state index is 0.763. The number of nitrogens with zero attached hydrogens (tertiary/aromatic N) is 1. The van der Waals surface area contributed by atoms with Crippen LogP contribution in [0.3, 0.4) is 0 Å². The molecule has 1 aliphatic carbocycles. The Morgan fingerprint density at radius 2 is 1.90 bits per heavy atom. The zero-order valence-electron chi connectivity index (χ0n) is 14.7. The molecule has 1 saturated carbocycles. The second-order valence-electron chi connectivity index (χ2n) is 7.53. The van der Waals surface area contributed by atoms with Crippen LogP contribution in [0, 0.1) is 11.8 Å². The first-order valence-electron chi connectivity index (χ1n) is 9.69. The lowest BCUT2D eigenvalue weighted by Crippen LogP contribution is -2.47. The highest BCUT2D eigenvalue weighted by molar-refractivity contribution is 4.87. The Kier molecular flexibility index (Phi) is 7.53. The van der Waals surface area contributed by atoms with Crippen molar-refractivity contribution in [1.82, 2.24) is 10.2 Å². The van der Waals surface area contributed by atoms with Crippen LogP contribution in [0.4, 0.5) is 0 Å². The van der Waals surface area contributed by atoms with Crippen molar-refractivity contribution in [3.05, 3.63) is 0 Å². The van der Waals surface area contributed by atoms with Crippen LogP contribution in [0.2, 0.25) is 0 Å². The SMILES string of the molecule is CCCC1CCC(NC)C(CN2CCCCCC2CC)C1. The van der Waals surface area contributed by atoms with Gasteiger partial charge in [0, 0.05) is 18.6 Å². The van der Waals surface area contributed by atoms with E-state index in [0.29, 0.717) is 0 Å². The topological polar surface area (TPSA) is 15.3 Å². The van der Waals surface area contributed by atoms with Crippen molar-refractivity contribution in [1.29, 1.82) is 0 Å². The Hall–Kier alpha value is -0.0800. The molecule has 1 aliphatic heterocycles. The maximum Gasteiger partial charge on any atom is 0.0105 e. The fourth-order valence-corrected chi connectivity index (χ4v) is 4.85. The first-order chi connectivity index (χ1) is 10.3. The summed E-state index contributed by atoms with van der Waals surface area (Å²) in [5.74, 6) is 1.88. The van der Waals surface area contributed by atoms with Crippen LogP contribution >= 0.6 is 0 Å². The van der Waals surface area contributed by atoms with Crippen LogP contribution in [0.1, 0.15) is 78.1 Å². The minimum Gasteiger partial charge on any atom is -0.317 e. The molecule has 2 nitrogen and oxygen atoms in total. The molecule has 4 atom stereocenters. The van der Waals surface area contributed by atoms with Crippen LogP contribution in [0.5, 0.6) is 0 Å². The lowest BCUT2D eigenvalue weighted by Gasteiger charge is -2.40. The quantitative estimate of drug-likeness (QED) is 0.779. The third kappa shape index (κ3) is 4.96. The van der Waals surface area contributed by atoms with E-state index in [4.69, 9.17) is 0 Å². The maximum absolute atomic E-state index is 3.63. The van der Waals surface area contributed by atoms with E-state index in [-0.39, 0.29) is 0 Å². The highest BCUT2D eigenvalue weighted by Crippen LogP contribution is 2.34. The fraction of sp³-hybridized carbons (Fsp3) is 1.00. The fourth-order valence-electron chi connectivity index (χ4n) is 4.85. The molecule has 2 rings (SSSR count). The van der Waals surface area contributed by atoms with Crippen molar-refractivity contribution in [3.8, 4) is 0 Å². The zero-order chi connectivity index (χ0) is 15.1. The molecule has 0 bridgehead atoms. The van der Waals surface area contributed by atoms with Gasteiger partial charge in [0.15, 0.2) is 0 Å². The summed E-state index contributed by atoms with van der Waals surface area (Å²) in [6, 6.07) is 1.62. The third-order valence-electron chi connectivity index (χ3n) is 6.10. The van der Waals surface area contributed by atoms with Crippen molar-refractivity contribution in [3.63, 3.8) is 0 Å². The van der Waals surface area contributed by atoms with E-state index in [1.54, 1.807) is 0 Å². The van der Waals surface area contributed by atoms with Crippen molar-refractivity contribution < 1.29 is 0 Å². The summed E-state index contributed by atoms with van der Waals surface area (Å²) in [6.45, 7) is 7.44. The monoisotopic (exact) mass is 294 g/mol. The summed E-state index contributed by atoms with van der Waals surface area (Å²) in [5.41, 5.74) is 0. The second-order valence-corrected chi connectivity index (χ2v) is 7.53. The number of hydrogen-bond acceptors (Lipinski definition) is 2. The van der Waals surface area contributed by atoms with Crippen LogP contribution in [-0.2, 0) is 0 Å². The lowest BCUT2D eigenvalue weighted by atomic mass is 9.76. The molecule has 0 spiro atoms. The first kappa shape index (κ1) is 17.3. The van der Waals surface area contributed by atoms with Gasteiger partial charge in [-0.2, -0.15) is 0 Å². The molecule has 0 aromatic rings. The Balaban J connectivity index is 1.95. The molecule has 0 amide bonds. The highest BCUT2D eigenvalue weighted by Gasteiger charge is 2.32. The predicted molar refractivity (Wildman–Crippen MR) is 92.7 cm³/mol. The van der Waals surface area contributed by atoms with Gasteiger partial charge in [0.05, 0.1) is 0 Å². The van der Waals surface area contributed by atoms with Gasteiger partial charge in [-0.3, -0.25) is 0 Å². The molecule has 2 aliphatic rings. The molecule has 21 heavy (non-hydrogen) atoms. The zero-order valence-corrected chi connectivity index (χ0v) is 14.7.